The summed E-state index contributed by atoms with van der Waals surface area (Å²) in [5, 5.41) is 9.47. The maximum Gasteiger partial charge on any atom is 0.326 e. The molecule has 1 aliphatic heterocycles. The molecule has 1 atom stereocenters. The summed E-state index contributed by atoms with van der Waals surface area (Å²) >= 11 is 6.43. The summed E-state index contributed by atoms with van der Waals surface area (Å²) in [6.45, 7) is 3.90. The lowest BCUT2D eigenvalue weighted by atomic mass is 10.1. The molecule has 1 aromatic carbocycles. The number of thioether (sulfide) groups is 1. The summed E-state index contributed by atoms with van der Waals surface area (Å²) < 4.78 is 0.312. The average Bonchev–Trinajstić information content (AvgIpc) is 2.83. The molecule has 132 valence electrons. The molecule has 0 aliphatic carbocycles. The minimum absolute atomic E-state index is 0.312. The predicted molar refractivity (Wildman–Crippen MR) is 106 cm³/mol. The van der Waals surface area contributed by atoms with Crippen LogP contribution in [0.1, 0.15) is 38.7 Å². The number of amides is 1. The zero-order valence-corrected chi connectivity index (χ0v) is 15.9. The Labute approximate surface area is 157 Å². The Kier molecular flexibility index (Phi) is 6.96. The zero-order valence-electron chi connectivity index (χ0n) is 14.3. The number of unbranched alkanes of at least 4 members (excludes halogenated alkanes) is 1. The second kappa shape index (κ2) is 8.97. The van der Waals surface area contributed by atoms with Gasteiger partial charge in [0.25, 0.3) is 5.91 Å². The molecule has 2 rings (SSSR count). The van der Waals surface area contributed by atoms with Gasteiger partial charge in [-0.05, 0) is 30.6 Å². The van der Waals surface area contributed by atoms with Crippen molar-refractivity contribution in [1.29, 1.82) is 0 Å². The van der Waals surface area contributed by atoms with E-state index in [-0.39, 0.29) is 5.91 Å². The van der Waals surface area contributed by atoms with Crippen molar-refractivity contribution in [3.8, 4) is 0 Å². The maximum atomic E-state index is 12.7. The number of benzene rings is 1. The molecule has 1 amide bonds. The number of hydrogen-bond acceptors (Lipinski definition) is 4. The Morgan fingerprint density at radius 1 is 1.36 bits per heavy atom. The second-order valence-corrected chi connectivity index (χ2v) is 7.52. The number of hydrogen-bond donors (Lipinski definition) is 1. The van der Waals surface area contributed by atoms with Crippen LogP contribution in [0, 0.1) is 0 Å². The Morgan fingerprint density at radius 3 is 2.64 bits per heavy atom. The fraction of sp³-hybridized carbons (Fsp3) is 0.316. The smallest absolute Gasteiger partial charge is 0.326 e. The van der Waals surface area contributed by atoms with Crippen molar-refractivity contribution >= 4 is 46.3 Å². The lowest BCUT2D eigenvalue weighted by molar-refractivity contribution is -0.145. The molecule has 0 saturated carbocycles. The van der Waals surface area contributed by atoms with Gasteiger partial charge in [0.1, 0.15) is 10.4 Å². The van der Waals surface area contributed by atoms with Crippen LogP contribution in [0.4, 0.5) is 0 Å². The van der Waals surface area contributed by atoms with Crippen LogP contribution in [0.3, 0.4) is 0 Å². The Hall–Kier alpha value is -1.92. The monoisotopic (exact) mass is 375 g/mol. The van der Waals surface area contributed by atoms with E-state index in [2.05, 4.69) is 0 Å². The third-order valence-electron chi connectivity index (χ3n) is 3.80. The molecule has 1 unspecified atom stereocenters. The fourth-order valence-electron chi connectivity index (χ4n) is 2.57. The van der Waals surface area contributed by atoms with Crippen LogP contribution in [-0.4, -0.2) is 32.2 Å². The van der Waals surface area contributed by atoms with E-state index in [4.69, 9.17) is 12.2 Å². The van der Waals surface area contributed by atoms with E-state index in [9.17, 15) is 14.7 Å². The van der Waals surface area contributed by atoms with Gasteiger partial charge in [0, 0.05) is 0 Å². The fourth-order valence-corrected chi connectivity index (χ4v) is 3.98. The van der Waals surface area contributed by atoms with E-state index < -0.39 is 12.0 Å². The summed E-state index contributed by atoms with van der Waals surface area (Å²) in [7, 11) is 0. The van der Waals surface area contributed by atoms with E-state index in [1.807, 2.05) is 50.3 Å². The normalized spacial score (nSPS) is 18.1. The first-order chi connectivity index (χ1) is 11.9. The second-order valence-electron chi connectivity index (χ2n) is 5.85. The number of thiocarbonyl (C=S) groups is 1. The summed E-state index contributed by atoms with van der Waals surface area (Å²) in [4.78, 5) is 26.0. The van der Waals surface area contributed by atoms with Crippen LogP contribution in [0.5, 0.6) is 0 Å². The molecule has 1 aliphatic rings. The van der Waals surface area contributed by atoms with Gasteiger partial charge in [0.2, 0.25) is 0 Å². The van der Waals surface area contributed by atoms with Gasteiger partial charge in [-0.2, -0.15) is 0 Å². The zero-order chi connectivity index (χ0) is 18.4. The number of nitrogens with zero attached hydrogens (tertiary/aromatic N) is 1. The SMILES string of the molecule is CCCCC(C(=O)O)N1C(=O)/C(=C/C(C)=C/c2ccccc2)SC1=S. The summed E-state index contributed by atoms with van der Waals surface area (Å²) in [6, 6.07) is 8.91. The summed E-state index contributed by atoms with van der Waals surface area (Å²) in [5.74, 6) is -1.33. The van der Waals surface area contributed by atoms with E-state index in [0.717, 1.165) is 35.7 Å². The van der Waals surface area contributed by atoms with Crippen molar-refractivity contribution in [3.63, 3.8) is 0 Å². The lowest BCUT2D eigenvalue weighted by Gasteiger charge is -2.22. The van der Waals surface area contributed by atoms with Crippen LogP contribution in [-0.2, 0) is 9.59 Å². The highest BCUT2D eigenvalue weighted by Crippen LogP contribution is 2.34. The Balaban J connectivity index is 2.22. The highest BCUT2D eigenvalue weighted by molar-refractivity contribution is 8.26. The summed E-state index contributed by atoms with van der Waals surface area (Å²) in [6.07, 6.45) is 5.75. The van der Waals surface area contributed by atoms with Crippen molar-refractivity contribution in [1.82, 2.24) is 4.90 Å². The molecule has 1 aromatic rings. The minimum Gasteiger partial charge on any atom is -0.480 e. The number of carbonyl (C=O) groups is 2. The predicted octanol–water partition coefficient (Wildman–Crippen LogP) is 4.48. The van der Waals surface area contributed by atoms with Gasteiger partial charge in [-0.1, -0.05) is 80.2 Å². The van der Waals surface area contributed by atoms with Crippen LogP contribution < -0.4 is 0 Å². The molecule has 0 spiro atoms. The number of carboxylic acid groups (broad SMARTS) is 1. The van der Waals surface area contributed by atoms with Gasteiger partial charge in [-0.3, -0.25) is 9.69 Å². The number of carboxylic acids is 1. The van der Waals surface area contributed by atoms with Crippen LogP contribution >= 0.6 is 24.0 Å². The highest BCUT2D eigenvalue weighted by atomic mass is 32.2. The average molecular weight is 376 g/mol. The van der Waals surface area contributed by atoms with Crippen molar-refractivity contribution < 1.29 is 14.7 Å². The van der Waals surface area contributed by atoms with Gasteiger partial charge in [0.05, 0.1) is 4.91 Å². The van der Waals surface area contributed by atoms with Gasteiger partial charge in [-0.15, -0.1) is 0 Å². The molecule has 1 saturated heterocycles. The third kappa shape index (κ3) is 5.03. The quantitative estimate of drug-likeness (QED) is 0.562. The molecular formula is C19H21NO3S2. The van der Waals surface area contributed by atoms with E-state index >= 15 is 0 Å². The summed E-state index contributed by atoms with van der Waals surface area (Å²) in [5.41, 5.74) is 1.95. The lowest BCUT2D eigenvalue weighted by Crippen LogP contribution is -2.43. The van der Waals surface area contributed by atoms with Gasteiger partial charge in [-0.25, -0.2) is 4.79 Å². The molecule has 1 fully saturated rings. The first-order valence-electron chi connectivity index (χ1n) is 8.17. The van der Waals surface area contributed by atoms with Crippen LogP contribution in [0.15, 0.2) is 46.9 Å². The molecule has 1 heterocycles. The molecular weight excluding hydrogens is 354 g/mol. The number of allylic oxidation sites excluding steroid dienone is 2. The third-order valence-corrected chi connectivity index (χ3v) is 5.13. The van der Waals surface area contributed by atoms with Crippen molar-refractivity contribution in [3.05, 3.63) is 52.4 Å². The van der Waals surface area contributed by atoms with E-state index in [1.54, 1.807) is 6.08 Å². The molecule has 6 heteroatoms. The highest BCUT2D eigenvalue weighted by Gasteiger charge is 2.39. The first kappa shape index (κ1) is 19.4. The van der Waals surface area contributed by atoms with Crippen LogP contribution in [0.2, 0.25) is 0 Å². The number of aliphatic carboxylic acids is 1. The minimum atomic E-state index is -1.01. The van der Waals surface area contributed by atoms with E-state index in [0.29, 0.717) is 15.6 Å². The Bertz CT molecular complexity index is 725. The standard InChI is InChI=1S/C19H21NO3S2/c1-3-4-10-15(18(22)23)20-17(21)16(25-19(20)24)12-13(2)11-14-8-6-5-7-9-14/h5-9,11-12,15H,3-4,10H2,1-2H3,(H,22,23)/b13-11+,16-12-. The molecule has 25 heavy (non-hydrogen) atoms. The van der Waals surface area contributed by atoms with Crippen molar-refractivity contribution in [2.75, 3.05) is 0 Å². The molecule has 4 nitrogen and oxygen atoms in total. The number of carbonyl (C=O) groups excluding carboxylic acids is 1. The van der Waals surface area contributed by atoms with Crippen LogP contribution in [0.25, 0.3) is 6.08 Å². The van der Waals surface area contributed by atoms with Gasteiger partial charge >= 0.3 is 5.97 Å². The molecule has 0 bridgehead atoms. The molecule has 1 N–H and O–H groups in total. The molecule has 0 aromatic heterocycles. The van der Waals surface area contributed by atoms with Crippen molar-refractivity contribution in [2.45, 2.75) is 39.2 Å². The van der Waals surface area contributed by atoms with Gasteiger partial charge in [0.15, 0.2) is 0 Å². The van der Waals surface area contributed by atoms with Gasteiger partial charge < -0.3 is 5.11 Å². The molecule has 0 radical (unpaired) electrons. The van der Waals surface area contributed by atoms with Crippen molar-refractivity contribution in [2.24, 2.45) is 0 Å². The first-order valence-corrected chi connectivity index (χ1v) is 9.39. The topological polar surface area (TPSA) is 57.6 Å². The number of rotatable bonds is 7. The maximum absolute atomic E-state index is 12.7. The largest absolute Gasteiger partial charge is 0.480 e. The Morgan fingerprint density at radius 2 is 2.04 bits per heavy atom. The van der Waals surface area contributed by atoms with E-state index in [1.165, 1.54) is 4.90 Å².